The summed E-state index contributed by atoms with van der Waals surface area (Å²) < 4.78 is 24.1. The van der Waals surface area contributed by atoms with Crippen LogP contribution < -0.4 is 10.9 Å². The van der Waals surface area contributed by atoms with E-state index in [1.165, 1.54) is 17.1 Å². The second kappa shape index (κ2) is 6.04. The van der Waals surface area contributed by atoms with Crippen molar-refractivity contribution < 1.29 is 8.42 Å². The molecule has 1 unspecified atom stereocenters. The highest BCUT2D eigenvalue weighted by atomic mass is 79.9. The van der Waals surface area contributed by atoms with E-state index in [2.05, 4.69) is 26.3 Å². The first-order valence-electron chi connectivity index (χ1n) is 5.83. The molecule has 0 aliphatic carbocycles. The van der Waals surface area contributed by atoms with E-state index in [0.717, 1.165) is 0 Å². The lowest BCUT2D eigenvalue weighted by Crippen LogP contribution is -2.29. The van der Waals surface area contributed by atoms with Gasteiger partial charge in [-0.3, -0.25) is 4.79 Å². The number of halogens is 1. The monoisotopic (exact) mass is 351 g/mol. The zero-order chi connectivity index (χ0) is 14.8. The second-order valence-corrected chi connectivity index (χ2v) is 7.83. The zero-order valence-corrected chi connectivity index (χ0v) is 13.7. The zero-order valence-electron chi connectivity index (χ0n) is 11.3. The third-order valence-electron chi connectivity index (χ3n) is 2.39. The smallest absolute Gasteiger partial charge is 0.283 e. The van der Waals surface area contributed by atoms with Crippen LogP contribution in [0, 0.1) is 0 Å². The van der Waals surface area contributed by atoms with E-state index in [-0.39, 0.29) is 23.4 Å². The summed E-state index contributed by atoms with van der Waals surface area (Å²) in [6.45, 7) is 5.46. The maximum atomic E-state index is 12.0. The number of hydrogen-bond donors (Lipinski definition) is 1. The number of nitrogens with one attached hydrogen (secondary N) is 1. The third kappa shape index (κ3) is 4.61. The van der Waals surface area contributed by atoms with Crippen molar-refractivity contribution in [3.05, 3.63) is 21.0 Å². The van der Waals surface area contributed by atoms with Gasteiger partial charge in [0.15, 0.2) is 0 Å². The molecular formula is C11H18BrN3O3S. The molecule has 0 saturated carbocycles. The van der Waals surface area contributed by atoms with Gasteiger partial charge in [0.1, 0.15) is 14.3 Å². The Balaban J connectivity index is 2.98. The normalized spacial score (nSPS) is 13.6. The van der Waals surface area contributed by atoms with Crippen LogP contribution in [0.25, 0.3) is 0 Å². The van der Waals surface area contributed by atoms with Gasteiger partial charge in [0.05, 0.1) is 23.7 Å². The highest BCUT2D eigenvalue weighted by molar-refractivity contribution is 9.10. The Labute approximate surface area is 121 Å². The summed E-state index contributed by atoms with van der Waals surface area (Å²) in [7, 11) is -3.07. The average molecular weight is 352 g/mol. The SMILES string of the molecule is CC(CS(C)(=O)=O)Nc1cnn(C(C)C)c(=O)c1Br. The van der Waals surface area contributed by atoms with Gasteiger partial charge in [0.2, 0.25) is 0 Å². The lowest BCUT2D eigenvalue weighted by molar-refractivity contribution is 0.501. The fourth-order valence-electron chi connectivity index (χ4n) is 1.67. The van der Waals surface area contributed by atoms with Gasteiger partial charge in [-0.25, -0.2) is 13.1 Å². The minimum atomic E-state index is -3.07. The Morgan fingerprint density at radius 3 is 2.47 bits per heavy atom. The van der Waals surface area contributed by atoms with E-state index in [1.54, 1.807) is 6.92 Å². The molecule has 1 atom stereocenters. The van der Waals surface area contributed by atoms with Crippen molar-refractivity contribution in [1.29, 1.82) is 0 Å². The van der Waals surface area contributed by atoms with E-state index in [1.807, 2.05) is 13.8 Å². The molecule has 0 radical (unpaired) electrons. The summed E-state index contributed by atoms with van der Waals surface area (Å²) in [5.74, 6) is -0.00724. The molecule has 1 aromatic rings. The molecule has 0 saturated heterocycles. The first kappa shape index (κ1) is 16.2. The Hall–Kier alpha value is -0.890. The van der Waals surface area contributed by atoms with Crippen molar-refractivity contribution in [1.82, 2.24) is 9.78 Å². The van der Waals surface area contributed by atoms with Crippen molar-refractivity contribution in [2.75, 3.05) is 17.3 Å². The number of rotatable bonds is 5. The Kier molecular flexibility index (Phi) is 5.14. The van der Waals surface area contributed by atoms with Crippen molar-refractivity contribution in [3.63, 3.8) is 0 Å². The van der Waals surface area contributed by atoms with E-state index >= 15 is 0 Å². The van der Waals surface area contributed by atoms with Gasteiger partial charge in [-0.2, -0.15) is 5.10 Å². The first-order chi connectivity index (χ1) is 8.61. The van der Waals surface area contributed by atoms with E-state index < -0.39 is 9.84 Å². The van der Waals surface area contributed by atoms with Gasteiger partial charge in [0.25, 0.3) is 5.56 Å². The first-order valence-corrected chi connectivity index (χ1v) is 8.68. The molecule has 8 heteroatoms. The maximum absolute atomic E-state index is 12.0. The van der Waals surface area contributed by atoms with Crippen LogP contribution in [0.3, 0.4) is 0 Å². The molecule has 0 bridgehead atoms. The number of hydrogen-bond acceptors (Lipinski definition) is 5. The van der Waals surface area contributed by atoms with Crippen molar-refractivity contribution in [2.24, 2.45) is 0 Å². The second-order valence-electron chi connectivity index (χ2n) is 4.85. The Bertz CT molecular complexity index is 610. The van der Waals surface area contributed by atoms with Crippen LogP contribution in [0.5, 0.6) is 0 Å². The average Bonchev–Trinajstić information content (AvgIpc) is 2.21. The van der Waals surface area contributed by atoms with Gasteiger partial charge in [-0.1, -0.05) is 0 Å². The number of sulfone groups is 1. The van der Waals surface area contributed by atoms with Gasteiger partial charge in [-0.05, 0) is 36.7 Å². The molecule has 0 fully saturated rings. The molecule has 1 rings (SSSR count). The molecule has 0 aromatic carbocycles. The largest absolute Gasteiger partial charge is 0.379 e. The van der Waals surface area contributed by atoms with Crippen LogP contribution in [-0.4, -0.2) is 36.2 Å². The fraction of sp³-hybridized carbons (Fsp3) is 0.636. The quantitative estimate of drug-likeness (QED) is 0.867. The van der Waals surface area contributed by atoms with Gasteiger partial charge in [-0.15, -0.1) is 0 Å². The molecule has 0 amide bonds. The highest BCUT2D eigenvalue weighted by Crippen LogP contribution is 2.18. The van der Waals surface area contributed by atoms with Crippen LogP contribution in [0.4, 0.5) is 5.69 Å². The van der Waals surface area contributed by atoms with Gasteiger partial charge < -0.3 is 5.32 Å². The van der Waals surface area contributed by atoms with Gasteiger partial charge >= 0.3 is 0 Å². The lowest BCUT2D eigenvalue weighted by atomic mass is 10.3. The van der Waals surface area contributed by atoms with E-state index in [4.69, 9.17) is 0 Å². The standard InChI is InChI=1S/C11H18BrN3O3S/c1-7(2)15-11(16)10(12)9(5-13-15)14-8(3)6-19(4,17)18/h5,7-8,14H,6H2,1-4H3. The molecule has 19 heavy (non-hydrogen) atoms. The molecule has 1 aromatic heterocycles. The molecule has 0 aliphatic heterocycles. The molecule has 0 spiro atoms. The topological polar surface area (TPSA) is 81.1 Å². The van der Waals surface area contributed by atoms with Crippen LogP contribution >= 0.6 is 15.9 Å². The van der Waals surface area contributed by atoms with Crippen LogP contribution in [0.2, 0.25) is 0 Å². The molecule has 6 nitrogen and oxygen atoms in total. The Morgan fingerprint density at radius 2 is 2.00 bits per heavy atom. The van der Waals surface area contributed by atoms with Crippen molar-refractivity contribution >= 4 is 31.5 Å². The van der Waals surface area contributed by atoms with Crippen molar-refractivity contribution in [3.8, 4) is 0 Å². The van der Waals surface area contributed by atoms with E-state index in [0.29, 0.717) is 10.2 Å². The predicted molar refractivity (Wildman–Crippen MR) is 79.4 cm³/mol. The fourth-order valence-corrected chi connectivity index (χ4v) is 3.06. The molecule has 0 aliphatic rings. The number of nitrogens with zero attached hydrogens (tertiary/aromatic N) is 2. The summed E-state index contributed by atoms with van der Waals surface area (Å²) in [4.78, 5) is 12.0. The highest BCUT2D eigenvalue weighted by Gasteiger charge is 2.15. The van der Waals surface area contributed by atoms with Crippen LogP contribution in [0.1, 0.15) is 26.8 Å². The van der Waals surface area contributed by atoms with Gasteiger partial charge in [0, 0.05) is 12.3 Å². The molecule has 1 heterocycles. The summed E-state index contributed by atoms with van der Waals surface area (Å²) in [6, 6.07) is -0.339. The predicted octanol–water partition coefficient (Wildman–Crippen LogP) is 1.43. The Morgan fingerprint density at radius 1 is 1.42 bits per heavy atom. The number of aromatic nitrogens is 2. The summed E-state index contributed by atoms with van der Waals surface area (Å²) >= 11 is 3.22. The molecule has 108 valence electrons. The van der Waals surface area contributed by atoms with Crippen molar-refractivity contribution in [2.45, 2.75) is 32.9 Å². The minimum absolute atomic E-state index is 0.00724. The lowest BCUT2D eigenvalue weighted by Gasteiger charge is -2.16. The summed E-state index contributed by atoms with van der Waals surface area (Å²) in [5.41, 5.74) is 0.254. The third-order valence-corrected chi connectivity index (χ3v) is 4.26. The van der Waals surface area contributed by atoms with Crippen LogP contribution in [-0.2, 0) is 9.84 Å². The summed E-state index contributed by atoms with van der Waals surface area (Å²) in [6.07, 6.45) is 2.69. The van der Waals surface area contributed by atoms with Crippen LogP contribution in [0.15, 0.2) is 15.5 Å². The molecular weight excluding hydrogens is 334 g/mol. The number of anilines is 1. The molecule has 1 N–H and O–H groups in total. The van der Waals surface area contributed by atoms with E-state index in [9.17, 15) is 13.2 Å². The minimum Gasteiger partial charge on any atom is -0.379 e. The summed E-state index contributed by atoms with van der Waals surface area (Å²) in [5, 5.41) is 7.02. The maximum Gasteiger partial charge on any atom is 0.283 e.